The highest BCUT2D eigenvalue weighted by Crippen LogP contribution is 2.17. The summed E-state index contributed by atoms with van der Waals surface area (Å²) < 4.78 is 13.3. The van der Waals surface area contributed by atoms with Crippen LogP contribution in [0, 0.1) is 12.7 Å². The zero-order valence-corrected chi connectivity index (χ0v) is 9.46. The van der Waals surface area contributed by atoms with Gasteiger partial charge in [-0.2, -0.15) is 0 Å². The molecule has 0 radical (unpaired) electrons. The summed E-state index contributed by atoms with van der Waals surface area (Å²) in [6.45, 7) is 4.18. The minimum absolute atomic E-state index is 0.373. The highest BCUT2D eigenvalue weighted by Gasteiger charge is 2.19. The van der Waals surface area contributed by atoms with Gasteiger partial charge in [0.05, 0.1) is 0 Å². The van der Waals surface area contributed by atoms with E-state index in [1.807, 2.05) is 6.92 Å². The van der Waals surface area contributed by atoms with Crippen LogP contribution >= 0.6 is 0 Å². The lowest BCUT2D eigenvalue weighted by molar-refractivity contribution is -0.139. The van der Waals surface area contributed by atoms with Crippen LogP contribution in [0.25, 0.3) is 0 Å². The molecular formula is C12H16FNO2. The number of hydrogen-bond donors (Lipinski definition) is 2. The summed E-state index contributed by atoms with van der Waals surface area (Å²) in [5.41, 5.74) is 0.965. The van der Waals surface area contributed by atoms with Gasteiger partial charge in [-0.15, -0.1) is 0 Å². The van der Waals surface area contributed by atoms with E-state index in [-0.39, 0.29) is 5.82 Å². The number of hydrogen-bond acceptors (Lipinski definition) is 2. The molecule has 0 bridgehead atoms. The van der Waals surface area contributed by atoms with E-state index in [2.05, 4.69) is 5.32 Å². The minimum Gasteiger partial charge on any atom is -0.480 e. The first kappa shape index (κ1) is 12.6. The molecule has 1 unspecified atom stereocenters. The van der Waals surface area contributed by atoms with Crippen molar-refractivity contribution in [1.82, 2.24) is 5.32 Å². The van der Waals surface area contributed by atoms with Gasteiger partial charge in [-0.25, -0.2) is 4.39 Å². The average molecular weight is 225 g/mol. The first-order valence-corrected chi connectivity index (χ1v) is 5.28. The van der Waals surface area contributed by atoms with E-state index in [1.54, 1.807) is 19.1 Å². The molecule has 16 heavy (non-hydrogen) atoms. The molecule has 0 heterocycles. The summed E-state index contributed by atoms with van der Waals surface area (Å²) >= 11 is 0. The van der Waals surface area contributed by atoms with Crippen LogP contribution < -0.4 is 5.32 Å². The first-order valence-electron chi connectivity index (χ1n) is 5.28. The molecule has 1 rings (SSSR count). The Morgan fingerprint density at radius 1 is 1.56 bits per heavy atom. The monoisotopic (exact) mass is 225 g/mol. The molecule has 0 spiro atoms. The van der Waals surface area contributed by atoms with Crippen molar-refractivity contribution in [3.63, 3.8) is 0 Å². The Bertz CT molecular complexity index is 379. The van der Waals surface area contributed by atoms with E-state index in [0.717, 1.165) is 6.42 Å². The quantitative estimate of drug-likeness (QED) is 0.808. The second-order valence-corrected chi connectivity index (χ2v) is 3.73. The number of carboxylic acid groups (broad SMARTS) is 1. The third-order valence-corrected chi connectivity index (χ3v) is 2.37. The van der Waals surface area contributed by atoms with Gasteiger partial charge < -0.3 is 10.4 Å². The molecule has 1 atom stereocenters. The van der Waals surface area contributed by atoms with E-state index >= 15 is 0 Å². The van der Waals surface area contributed by atoms with Crippen LogP contribution in [0.1, 0.15) is 30.5 Å². The maximum atomic E-state index is 13.3. The lowest BCUT2D eigenvalue weighted by Gasteiger charge is -2.14. The van der Waals surface area contributed by atoms with E-state index in [9.17, 15) is 9.18 Å². The molecule has 0 aliphatic carbocycles. The van der Waals surface area contributed by atoms with Gasteiger partial charge in [0, 0.05) is 0 Å². The normalized spacial score (nSPS) is 12.4. The van der Waals surface area contributed by atoms with Crippen molar-refractivity contribution in [3.05, 3.63) is 35.1 Å². The van der Waals surface area contributed by atoms with Crippen molar-refractivity contribution in [2.24, 2.45) is 0 Å². The number of carbonyl (C=O) groups is 1. The van der Waals surface area contributed by atoms with Crippen LogP contribution in [0.5, 0.6) is 0 Å². The predicted octanol–water partition coefficient (Wildman–Crippen LogP) is 2.26. The fourth-order valence-corrected chi connectivity index (χ4v) is 1.43. The molecule has 0 saturated heterocycles. The molecular weight excluding hydrogens is 209 g/mol. The zero-order chi connectivity index (χ0) is 12.1. The summed E-state index contributed by atoms with van der Waals surface area (Å²) in [5.74, 6) is -1.36. The van der Waals surface area contributed by atoms with E-state index in [1.165, 1.54) is 6.07 Å². The Hall–Kier alpha value is -1.42. The van der Waals surface area contributed by atoms with Crippen molar-refractivity contribution >= 4 is 5.97 Å². The number of benzene rings is 1. The number of aryl methyl sites for hydroxylation is 1. The summed E-state index contributed by atoms with van der Waals surface area (Å²) in [4.78, 5) is 11.0. The van der Waals surface area contributed by atoms with Gasteiger partial charge in [0.15, 0.2) is 0 Å². The van der Waals surface area contributed by atoms with E-state index in [0.29, 0.717) is 17.7 Å². The second kappa shape index (κ2) is 5.61. The molecule has 2 N–H and O–H groups in total. The van der Waals surface area contributed by atoms with Crippen LogP contribution in [0.4, 0.5) is 4.39 Å². The van der Waals surface area contributed by atoms with Gasteiger partial charge in [0.2, 0.25) is 0 Å². The third-order valence-electron chi connectivity index (χ3n) is 2.37. The van der Waals surface area contributed by atoms with E-state index < -0.39 is 12.0 Å². The van der Waals surface area contributed by atoms with Crippen molar-refractivity contribution < 1.29 is 14.3 Å². The fraction of sp³-hybridized carbons (Fsp3) is 0.417. The largest absolute Gasteiger partial charge is 0.480 e. The highest BCUT2D eigenvalue weighted by molar-refractivity contribution is 5.75. The third kappa shape index (κ3) is 3.03. The van der Waals surface area contributed by atoms with Gasteiger partial charge in [0.1, 0.15) is 11.9 Å². The van der Waals surface area contributed by atoms with E-state index in [4.69, 9.17) is 5.11 Å². The molecule has 0 aromatic heterocycles. The highest BCUT2D eigenvalue weighted by atomic mass is 19.1. The zero-order valence-electron chi connectivity index (χ0n) is 9.46. The number of carboxylic acids is 1. The van der Waals surface area contributed by atoms with Crippen LogP contribution in [-0.2, 0) is 4.79 Å². The smallest absolute Gasteiger partial charge is 0.325 e. The van der Waals surface area contributed by atoms with Gasteiger partial charge in [-0.3, -0.25) is 4.79 Å². The molecule has 0 fully saturated rings. The Morgan fingerprint density at radius 3 is 2.75 bits per heavy atom. The average Bonchev–Trinajstić information content (AvgIpc) is 2.23. The predicted molar refractivity (Wildman–Crippen MR) is 59.8 cm³/mol. The molecule has 0 saturated carbocycles. The Kier molecular flexibility index (Phi) is 4.43. The molecule has 0 aliphatic rings. The van der Waals surface area contributed by atoms with Gasteiger partial charge in [0.25, 0.3) is 0 Å². The number of rotatable bonds is 5. The summed E-state index contributed by atoms with van der Waals surface area (Å²) in [5, 5.41) is 11.9. The van der Waals surface area contributed by atoms with Crippen LogP contribution in [0.2, 0.25) is 0 Å². The standard InChI is InChI=1S/C12H16FNO2/c1-3-6-14-11(12(15)16)9-5-4-8(2)10(13)7-9/h4-5,7,11,14H,3,6H2,1-2H3,(H,15,16). The number of aliphatic carboxylic acids is 1. The number of halogens is 1. The van der Waals surface area contributed by atoms with Crippen LogP contribution in [0.3, 0.4) is 0 Å². The van der Waals surface area contributed by atoms with Crippen molar-refractivity contribution in [3.8, 4) is 0 Å². The van der Waals surface area contributed by atoms with Gasteiger partial charge in [-0.1, -0.05) is 19.1 Å². The maximum Gasteiger partial charge on any atom is 0.325 e. The Balaban J connectivity index is 2.92. The molecule has 3 nitrogen and oxygen atoms in total. The summed E-state index contributed by atoms with van der Waals surface area (Å²) in [6, 6.07) is 3.67. The molecule has 88 valence electrons. The van der Waals surface area contributed by atoms with Gasteiger partial charge in [-0.05, 0) is 37.1 Å². The minimum atomic E-state index is -0.989. The van der Waals surface area contributed by atoms with Crippen molar-refractivity contribution in [2.45, 2.75) is 26.3 Å². The lowest BCUT2D eigenvalue weighted by Crippen LogP contribution is -2.29. The van der Waals surface area contributed by atoms with Crippen molar-refractivity contribution in [2.75, 3.05) is 6.54 Å². The Labute approximate surface area is 94.3 Å². The first-order chi connectivity index (χ1) is 7.56. The molecule has 1 aromatic rings. The maximum absolute atomic E-state index is 13.3. The SMILES string of the molecule is CCCNC(C(=O)O)c1ccc(C)c(F)c1. The van der Waals surface area contributed by atoms with Gasteiger partial charge >= 0.3 is 5.97 Å². The summed E-state index contributed by atoms with van der Waals surface area (Å²) in [7, 11) is 0. The molecule has 0 amide bonds. The fourth-order valence-electron chi connectivity index (χ4n) is 1.43. The second-order valence-electron chi connectivity index (χ2n) is 3.73. The molecule has 4 heteroatoms. The Morgan fingerprint density at radius 2 is 2.25 bits per heavy atom. The van der Waals surface area contributed by atoms with Crippen LogP contribution in [-0.4, -0.2) is 17.6 Å². The van der Waals surface area contributed by atoms with Crippen molar-refractivity contribution in [1.29, 1.82) is 0 Å². The van der Waals surface area contributed by atoms with Crippen LogP contribution in [0.15, 0.2) is 18.2 Å². The lowest BCUT2D eigenvalue weighted by atomic mass is 10.0. The molecule has 0 aliphatic heterocycles. The topological polar surface area (TPSA) is 49.3 Å². The summed E-state index contributed by atoms with van der Waals surface area (Å²) in [6.07, 6.45) is 0.831. The number of nitrogens with one attached hydrogen (secondary N) is 1. The molecule has 1 aromatic carbocycles.